The summed E-state index contributed by atoms with van der Waals surface area (Å²) in [6.45, 7) is 5.72. The van der Waals surface area contributed by atoms with Crippen molar-refractivity contribution in [3.8, 4) is 0 Å². The van der Waals surface area contributed by atoms with E-state index in [0.29, 0.717) is 36.4 Å². The molecule has 2 fully saturated rings. The Kier molecular flexibility index (Phi) is 3.33. The molecule has 1 aliphatic heterocycles. The predicted octanol–water partition coefficient (Wildman–Crippen LogP) is 1.55. The van der Waals surface area contributed by atoms with E-state index in [4.69, 9.17) is 10.5 Å². The van der Waals surface area contributed by atoms with E-state index in [-0.39, 0.29) is 11.5 Å². The Labute approximate surface area is 122 Å². The summed E-state index contributed by atoms with van der Waals surface area (Å²) in [6, 6.07) is 0.505. The molecule has 1 aromatic heterocycles. The fourth-order valence-electron chi connectivity index (χ4n) is 2.28. The molecule has 0 bridgehead atoms. The lowest BCUT2D eigenvalue weighted by molar-refractivity contribution is -0.0762. The number of carbonyl (C=O) groups is 1. The molecule has 110 valence electrons. The van der Waals surface area contributed by atoms with E-state index in [1.165, 1.54) is 24.2 Å². The number of carbonyl (C=O) groups excluding carboxylic acids is 1. The maximum absolute atomic E-state index is 12.6. The van der Waals surface area contributed by atoms with Gasteiger partial charge in [0.25, 0.3) is 5.91 Å². The highest BCUT2D eigenvalue weighted by molar-refractivity contribution is 7.18. The zero-order chi connectivity index (χ0) is 14.3. The molecule has 0 spiro atoms. The van der Waals surface area contributed by atoms with Crippen molar-refractivity contribution < 1.29 is 9.53 Å². The van der Waals surface area contributed by atoms with Crippen LogP contribution in [-0.4, -0.2) is 47.1 Å². The van der Waals surface area contributed by atoms with Gasteiger partial charge in [0.05, 0.1) is 12.2 Å². The van der Waals surface area contributed by atoms with Gasteiger partial charge >= 0.3 is 0 Å². The van der Waals surface area contributed by atoms with Crippen molar-refractivity contribution in [1.29, 1.82) is 0 Å². The number of ether oxygens (including phenoxy) is 1. The van der Waals surface area contributed by atoms with Crippen LogP contribution in [0, 0.1) is 0 Å². The number of amides is 1. The van der Waals surface area contributed by atoms with Crippen LogP contribution in [0.25, 0.3) is 0 Å². The number of aromatic nitrogens is 1. The number of morpholine rings is 1. The number of nitrogens with one attached hydrogen (secondary N) is 1. The summed E-state index contributed by atoms with van der Waals surface area (Å²) in [4.78, 5) is 19.1. The number of nitrogens with zero attached hydrogens (tertiary/aromatic N) is 2. The second kappa shape index (κ2) is 4.89. The molecule has 2 heterocycles. The van der Waals surface area contributed by atoms with Gasteiger partial charge in [-0.1, -0.05) is 11.3 Å². The predicted molar refractivity (Wildman–Crippen MR) is 79.1 cm³/mol. The number of anilines is 2. The first-order valence-electron chi connectivity index (χ1n) is 6.91. The lowest BCUT2D eigenvalue weighted by Gasteiger charge is -2.37. The molecule has 0 unspecified atom stereocenters. The second-order valence-corrected chi connectivity index (χ2v) is 6.99. The highest BCUT2D eigenvalue weighted by Gasteiger charge is 2.32. The lowest BCUT2D eigenvalue weighted by atomic mass is 10.1. The highest BCUT2D eigenvalue weighted by atomic mass is 32.1. The minimum absolute atomic E-state index is 0.0415. The van der Waals surface area contributed by atoms with E-state index in [2.05, 4.69) is 10.3 Å². The summed E-state index contributed by atoms with van der Waals surface area (Å²) in [5.74, 6) is 0.285. The molecular formula is C13H20N4O2S. The fraction of sp³-hybridized carbons (Fsp3) is 0.692. The summed E-state index contributed by atoms with van der Waals surface area (Å²) in [5.41, 5.74) is 5.59. The van der Waals surface area contributed by atoms with E-state index < -0.39 is 0 Å². The quantitative estimate of drug-likeness (QED) is 0.884. The van der Waals surface area contributed by atoms with Crippen LogP contribution in [-0.2, 0) is 4.74 Å². The highest BCUT2D eigenvalue weighted by Crippen LogP contribution is 2.31. The number of rotatable bonds is 3. The SMILES string of the molecule is CC1(C)CN(C(=O)c2sc(NC3CC3)nc2N)CCO1. The first kappa shape index (κ1) is 13.6. The Hall–Kier alpha value is -1.34. The molecule has 1 amide bonds. The van der Waals surface area contributed by atoms with Crippen LogP contribution < -0.4 is 11.1 Å². The van der Waals surface area contributed by atoms with E-state index >= 15 is 0 Å². The number of hydrogen-bond acceptors (Lipinski definition) is 6. The monoisotopic (exact) mass is 296 g/mol. The zero-order valence-corrected chi connectivity index (χ0v) is 12.6. The fourth-order valence-corrected chi connectivity index (χ4v) is 3.21. The van der Waals surface area contributed by atoms with E-state index in [9.17, 15) is 4.79 Å². The van der Waals surface area contributed by atoms with Gasteiger partial charge in [-0.2, -0.15) is 0 Å². The van der Waals surface area contributed by atoms with Gasteiger partial charge in [-0.3, -0.25) is 4.79 Å². The van der Waals surface area contributed by atoms with Crippen molar-refractivity contribution in [1.82, 2.24) is 9.88 Å². The average Bonchev–Trinajstić information content (AvgIpc) is 3.10. The molecule has 1 saturated carbocycles. The average molecular weight is 296 g/mol. The molecule has 1 aromatic rings. The Morgan fingerprint density at radius 2 is 2.30 bits per heavy atom. The molecule has 2 aliphatic rings. The standard InChI is InChI=1S/C13H20N4O2S/c1-13(2)7-17(5-6-19-13)11(18)9-10(14)16-12(20-9)15-8-3-4-8/h8H,3-7,14H2,1-2H3,(H,15,16). The van der Waals surface area contributed by atoms with Gasteiger partial charge < -0.3 is 20.7 Å². The van der Waals surface area contributed by atoms with Gasteiger partial charge in [-0.05, 0) is 26.7 Å². The first-order chi connectivity index (χ1) is 9.44. The zero-order valence-electron chi connectivity index (χ0n) is 11.8. The van der Waals surface area contributed by atoms with Gasteiger partial charge in [0, 0.05) is 19.1 Å². The largest absolute Gasteiger partial charge is 0.382 e. The maximum Gasteiger partial charge on any atom is 0.268 e. The molecule has 6 nitrogen and oxygen atoms in total. The summed E-state index contributed by atoms with van der Waals surface area (Å²) in [5, 5.41) is 4.03. The molecule has 1 saturated heterocycles. The van der Waals surface area contributed by atoms with Gasteiger partial charge in [-0.25, -0.2) is 4.98 Å². The summed E-state index contributed by atoms with van der Waals surface area (Å²) >= 11 is 1.35. The van der Waals surface area contributed by atoms with Crippen LogP contribution in [0.5, 0.6) is 0 Å². The smallest absolute Gasteiger partial charge is 0.268 e. The number of hydrogen-bond donors (Lipinski definition) is 2. The lowest BCUT2D eigenvalue weighted by Crippen LogP contribution is -2.50. The van der Waals surface area contributed by atoms with Crippen LogP contribution in [0.1, 0.15) is 36.4 Å². The molecule has 0 radical (unpaired) electrons. The molecule has 7 heteroatoms. The van der Waals surface area contributed by atoms with Crippen molar-refractivity contribution in [2.75, 3.05) is 30.7 Å². The van der Waals surface area contributed by atoms with Gasteiger partial charge in [-0.15, -0.1) is 0 Å². The van der Waals surface area contributed by atoms with Crippen LogP contribution in [0.15, 0.2) is 0 Å². The van der Waals surface area contributed by atoms with Crippen LogP contribution in [0.3, 0.4) is 0 Å². The van der Waals surface area contributed by atoms with Crippen molar-refractivity contribution in [3.63, 3.8) is 0 Å². The Morgan fingerprint density at radius 3 is 2.95 bits per heavy atom. The third-order valence-corrected chi connectivity index (χ3v) is 4.46. The number of thiazole rings is 1. The van der Waals surface area contributed by atoms with Gasteiger partial charge in [0.2, 0.25) is 0 Å². The third kappa shape index (κ3) is 2.88. The van der Waals surface area contributed by atoms with Crippen molar-refractivity contribution in [2.24, 2.45) is 0 Å². The molecule has 20 heavy (non-hydrogen) atoms. The Balaban J connectivity index is 1.74. The van der Waals surface area contributed by atoms with E-state index in [0.717, 1.165) is 5.13 Å². The van der Waals surface area contributed by atoms with Crippen LogP contribution in [0.2, 0.25) is 0 Å². The van der Waals surface area contributed by atoms with Crippen molar-refractivity contribution >= 4 is 28.2 Å². The summed E-state index contributed by atoms with van der Waals surface area (Å²) < 4.78 is 5.63. The van der Waals surface area contributed by atoms with Gasteiger partial charge in [0.15, 0.2) is 5.13 Å². The number of nitrogen functional groups attached to an aromatic ring is 1. The first-order valence-corrected chi connectivity index (χ1v) is 7.72. The van der Waals surface area contributed by atoms with E-state index in [1.807, 2.05) is 13.8 Å². The number of nitrogens with two attached hydrogens (primary N) is 1. The van der Waals surface area contributed by atoms with Crippen LogP contribution >= 0.6 is 11.3 Å². The van der Waals surface area contributed by atoms with Crippen LogP contribution in [0.4, 0.5) is 10.9 Å². The van der Waals surface area contributed by atoms with Crippen molar-refractivity contribution in [3.05, 3.63) is 4.88 Å². The van der Waals surface area contributed by atoms with Crippen molar-refractivity contribution in [2.45, 2.75) is 38.3 Å². The molecular weight excluding hydrogens is 276 g/mol. The molecule has 0 atom stereocenters. The summed E-state index contributed by atoms with van der Waals surface area (Å²) in [6.07, 6.45) is 2.33. The normalized spacial score (nSPS) is 21.8. The molecule has 3 N–H and O–H groups in total. The van der Waals surface area contributed by atoms with E-state index in [1.54, 1.807) is 4.90 Å². The minimum Gasteiger partial charge on any atom is -0.382 e. The molecule has 3 rings (SSSR count). The van der Waals surface area contributed by atoms with Gasteiger partial charge in [0.1, 0.15) is 10.7 Å². The summed E-state index contributed by atoms with van der Waals surface area (Å²) in [7, 11) is 0. The Morgan fingerprint density at radius 1 is 1.55 bits per heavy atom. The Bertz CT molecular complexity index is 524. The third-order valence-electron chi connectivity index (χ3n) is 3.47. The molecule has 0 aromatic carbocycles. The second-order valence-electron chi connectivity index (χ2n) is 5.99. The molecule has 1 aliphatic carbocycles. The maximum atomic E-state index is 12.6. The minimum atomic E-state index is -0.303. The topological polar surface area (TPSA) is 80.5 Å².